The van der Waals surface area contributed by atoms with Crippen molar-refractivity contribution in [3.05, 3.63) is 12.2 Å². The summed E-state index contributed by atoms with van der Waals surface area (Å²) in [6, 6.07) is 0. The number of nitrogens with zero attached hydrogens (tertiary/aromatic N) is 1. The first-order valence-electron chi connectivity index (χ1n) is 5.42. The maximum Gasteiger partial charge on any atom is 0.343 e. The second-order valence-electron chi connectivity index (χ2n) is 3.19. The summed E-state index contributed by atoms with van der Waals surface area (Å²) >= 11 is 0. The van der Waals surface area contributed by atoms with E-state index in [0.717, 1.165) is 4.90 Å². The standard InChI is InChI=1S/C11H17F2NO3/c1-4-14(5-2)10(16)11(12,13)8-7-9(15)17-6-3/h7-8H,4-6H2,1-3H3/b8-7-. The minimum Gasteiger partial charge on any atom is -0.463 e. The molecule has 0 rings (SSSR count). The van der Waals surface area contributed by atoms with Gasteiger partial charge in [-0.1, -0.05) is 0 Å². The third-order valence-electron chi connectivity index (χ3n) is 2.05. The Hall–Kier alpha value is -1.46. The number of carbonyl (C=O) groups excluding carboxylic acids is 2. The number of rotatable bonds is 6. The number of hydrogen-bond acceptors (Lipinski definition) is 3. The fraction of sp³-hybridized carbons (Fsp3) is 0.636. The van der Waals surface area contributed by atoms with E-state index in [9.17, 15) is 18.4 Å². The van der Waals surface area contributed by atoms with Crippen LogP contribution in [-0.4, -0.2) is 42.4 Å². The molecule has 0 aromatic rings. The average molecular weight is 249 g/mol. The SMILES string of the molecule is CCOC(=O)/C=C\C(F)(F)C(=O)N(CC)CC. The number of esters is 1. The lowest BCUT2D eigenvalue weighted by atomic mass is 10.2. The Kier molecular flexibility index (Phi) is 6.38. The fourth-order valence-corrected chi connectivity index (χ4v) is 1.16. The van der Waals surface area contributed by atoms with Crippen molar-refractivity contribution in [2.75, 3.05) is 19.7 Å². The zero-order valence-electron chi connectivity index (χ0n) is 10.2. The Labute approximate surface area is 99.2 Å². The van der Waals surface area contributed by atoms with Crippen molar-refractivity contribution in [3.8, 4) is 0 Å². The number of alkyl halides is 2. The highest BCUT2D eigenvalue weighted by molar-refractivity contribution is 5.88. The molecule has 0 aromatic carbocycles. The van der Waals surface area contributed by atoms with E-state index in [2.05, 4.69) is 4.74 Å². The van der Waals surface area contributed by atoms with Crippen LogP contribution in [0, 0.1) is 0 Å². The number of amides is 1. The van der Waals surface area contributed by atoms with E-state index >= 15 is 0 Å². The molecule has 98 valence electrons. The minimum atomic E-state index is -3.68. The molecule has 17 heavy (non-hydrogen) atoms. The lowest BCUT2D eigenvalue weighted by molar-refractivity contribution is -0.150. The lowest BCUT2D eigenvalue weighted by Crippen LogP contribution is -2.42. The van der Waals surface area contributed by atoms with Gasteiger partial charge >= 0.3 is 11.9 Å². The topological polar surface area (TPSA) is 46.6 Å². The molecule has 0 aliphatic carbocycles. The summed E-state index contributed by atoms with van der Waals surface area (Å²) in [7, 11) is 0. The van der Waals surface area contributed by atoms with Gasteiger partial charge in [-0.15, -0.1) is 0 Å². The summed E-state index contributed by atoms with van der Waals surface area (Å²) in [5.41, 5.74) is 0. The molecule has 0 bridgehead atoms. The molecule has 0 aromatic heterocycles. The van der Waals surface area contributed by atoms with Crippen molar-refractivity contribution < 1.29 is 23.1 Å². The smallest absolute Gasteiger partial charge is 0.343 e. The van der Waals surface area contributed by atoms with Crippen molar-refractivity contribution in [2.45, 2.75) is 26.7 Å². The minimum absolute atomic E-state index is 0.0960. The van der Waals surface area contributed by atoms with Crippen LogP contribution >= 0.6 is 0 Å². The summed E-state index contributed by atoms with van der Waals surface area (Å²) in [5.74, 6) is -5.89. The third-order valence-corrected chi connectivity index (χ3v) is 2.05. The second-order valence-corrected chi connectivity index (χ2v) is 3.19. The highest BCUT2D eigenvalue weighted by Gasteiger charge is 2.38. The average Bonchev–Trinajstić information content (AvgIpc) is 2.28. The van der Waals surface area contributed by atoms with Gasteiger partial charge in [0.2, 0.25) is 0 Å². The first kappa shape index (κ1) is 15.5. The highest BCUT2D eigenvalue weighted by atomic mass is 19.3. The molecular weight excluding hydrogens is 232 g/mol. The molecule has 6 heteroatoms. The van der Waals surface area contributed by atoms with E-state index in [0.29, 0.717) is 6.08 Å². The molecule has 0 aliphatic heterocycles. The maximum atomic E-state index is 13.4. The summed E-state index contributed by atoms with van der Waals surface area (Å²) in [6.45, 7) is 5.25. The third kappa shape index (κ3) is 4.93. The van der Waals surface area contributed by atoms with Crippen LogP contribution in [0.1, 0.15) is 20.8 Å². The highest BCUT2D eigenvalue weighted by Crippen LogP contribution is 2.18. The van der Waals surface area contributed by atoms with Crippen LogP contribution in [-0.2, 0) is 14.3 Å². The van der Waals surface area contributed by atoms with E-state index in [1.165, 1.54) is 0 Å². The zero-order chi connectivity index (χ0) is 13.5. The van der Waals surface area contributed by atoms with Gasteiger partial charge in [-0.25, -0.2) is 4.79 Å². The van der Waals surface area contributed by atoms with Crippen molar-refractivity contribution in [2.24, 2.45) is 0 Å². The summed E-state index contributed by atoms with van der Waals surface area (Å²) < 4.78 is 31.2. The number of carbonyl (C=O) groups is 2. The van der Waals surface area contributed by atoms with Crippen LogP contribution in [0.25, 0.3) is 0 Å². The van der Waals surface area contributed by atoms with E-state index in [1.54, 1.807) is 20.8 Å². The summed E-state index contributed by atoms with van der Waals surface area (Å²) in [6.07, 6.45) is 0.844. The Balaban J connectivity index is 4.66. The lowest BCUT2D eigenvalue weighted by Gasteiger charge is -2.22. The summed E-state index contributed by atoms with van der Waals surface area (Å²) in [4.78, 5) is 23.2. The van der Waals surface area contributed by atoms with Crippen LogP contribution in [0.3, 0.4) is 0 Å². The Morgan fingerprint density at radius 3 is 2.18 bits per heavy atom. The molecule has 0 atom stereocenters. The predicted molar refractivity (Wildman–Crippen MR) is 58.6 cm³/mol. The van der Waals surface area contributed by atoms with Gasteiger partial charge in [0, 0.05) is 25.2 Å². The summed E-state index contributed by atoms with van der Waals surface area (Å²) in [5, 5.41) is 0. The fourth-order valence-electron chi connectivity index (χ4n) is 1.16. The monoisotopic (exact) mass is 249 g/mol. The molecule has 0 heterocycles. The molecule has 0 spiro atoms. The van der Waals surface area contributed by atoms with Crippen molar-refractivity contribution >= 4 is 11.9 Å². The molecule has 0 saturated heterocycles. The van der Waals surface area contributed by atoms with Crippen molar-refractivity contribution in [1.29, 1.82) is 0 Å². The molecule has 0 N–H and O–H groups in total. The molecule has 0 unspecified atom stereocenters. The van der Waals surface area contributed by atoms with E-state index in [4.69, 9.17) is 0 Å². The number of hydrogen-bond donors (Lipinski definition) is 0. The second kappa shape index (κ2) is 6.98. The van der Waals surface area contributed by atoms with E-state index < -0.39 is 17.8 Å². The normalized spacial score (nSPS) is 11.6. The molecule has 4 nitrogen and oxygen atoms in total. The zero-order valence-corrected chi connectivity index (χ0v) is 10.2. The molecule has 0 aliphatic rings. The van der Waals surface area contributed by atoms with Crippen molar-refractivity contribution in [1.82, 2.24) is 4.90 Å². The van der Waals surface area contributed by atoms with Crippen molar-refractivity contribution in [3.63, 3.8) is 0 Å². The van der Waals surface area contributed by atoms with Crippen LogP contribution in [0.4, 0.5) is 8.78 Å². The molecule has 0 saturated carbocycles. The van der Waals surface area contributed by atoms with Gasteiger partial charge < -0.3 is 9.64 Å². The predicted octanol–water partition coefficient (Wildman–Crippen LogP) is 1.61. The van der Waals surface area contributed by atoms with Gasteiger partial charge in [0.15, 0.2) is 0 Å². The first-order chi connectivity index (χ1) is 7.88. The number of ether oxygens (including phenoxy) is 1. The van der Waals surface area contributed by atoms with E-state index in [1.807, 2.05) is 0 Å². The van der Waals surface area contributed by atoms with E-state index in [-0.39, 0.29) is 25.8 Å². The quantitative estimate of drug-likeness (QED) is 0.530. The van der Waals surface area contributed by atoms with Gasteiger partial charge in [0.1, 0.15) is 0 Å². The Morgan fingerprint density at radius 2 is 1.76 bits per heavy atom. The van der Waals surface area contributed by atoms with Crippen LogP contribution in [0.15, 0.2) is 12.2 Å². The molecular formula is C11H17F2NO3. The van der Waals surface area contributed by atoms with Crippen LogP contribution in [0.2, 0.25) is 0 Å². The first-order valence-corrected chi connectivity index (χ1v) is 5.42. The molecule has 0 fully saturated rings. The van der Waals surface area contributed by atoms with Gasteiger partial charge in [0.05, 0.1) is 6.61 Å². The molecule has 0 radical (unpaired) electrons. The maximum absolute atomic E-state index is 13.4. The molecule has 1 amide bonds. The van der Waals surface area contributed by atoms with Gasteiger partial charge in [-0.3, -0.25) is 4.79 Å². The number of halogens is 2. The van der Waals surface area contributed by atoms with Crippen LogP contribution in [0.5, 0.6) is 0 Å². The van der Waals surface area contributed by atoms with Gasteiger partial charge in [-0.2, -0.15) is 8.78 Å². The Morgan fingerprint density at radius 1 is 1.24 bits per heavy atom. The Bertz CT molecular complexity index is 299. The van der Waals surface area contributed by atoms with Gasteiger partial charge in [-0.05, 0) is 20.8 Å². The largest absolute Gasteiger partial charge is 0.463 e. The van der Waals surface area contributed by atoms with Crippen LogP contribution < -0.4 is 0 Å². The van der Waals surface area contributed by atoms with Gasteiger partial charge in [0.25, 0.3) is 5.91 Å².